The van der Waals surface area contributed by atoms with Crippen molar-refractivity contribution in [2.75, 3.05) is 18.1 Å². The number of nitrogens with one attached hydrogen (secondary N) is 1. The molecule has 32 heavy (non-hydrogen) atoms. The highest BCUT2D eigenvalue weighted by Crippen LogP contribution is 2.38. The average Bonchev–Trinajstić information content (AvgIpc) is 3.09. The Balaban J connectivity index is 1.88. The van der Waals surface area contributed by atoms with Gasteiger partial charge >= 0.3 is 6.03 Å². The molecule has 178 valence electrons. The van der Waals surface area contributed by atoms with Crippen LogP contribution in [0.2, 0.25) is 0 Å². The summed E-state index contributed by atoms with van der Waals surface area (Å²) in [4.78, 5) is 40.0. The van der Waals surface area contributed by atoms with Gasteiger partial charge in [-0.1, -0.05) is 83.4 Å². The monoisotopic (exact) mass is 444 g/mol. The molecule has 2 atom stereocenters. The molecular weight excluding hydrogens is 404 g/mol. The normalized spacial score (nSPS) is 16.2. The van der Waals surface area contributed by atoms with Gasteiger partial charge in [0.15, 0.2) is 5.78 Å². The van der Waals surface area contributed by atoms with Gasteiger partial charge in [-0.2, -0.15) is 0 Å². The van der Waals surface area contributed by atoms with E-state index in [2.05, 4.69) is 12.2 Å². The Bertz CT molecular complexity index is 749. The summed E-state index contributed by atoms with van der Waals surface area (Å²) < 4.78 is 5.78. The molecule has 0 radical (unpaired) electrons. The first kappa shape index (κ1) is 26.0. The molecule has 0 bridgehead atoms. The summed E-state index contributed by atoms with van der Waals surface area (Å²) in [6.07, 6.45) is 10.7. The number of carbonyl (C=O) groups is 3. The molecule has 0 aromatic heterocycles. The standard InChI is InChI=1S/C26H40N2O4/c1-4-6-8-9-10-11-12-15-19-32-20(3)24(29)23-21-16-13-14-17-22(21)28(25(23)30)26(31)27-18-7-5-2/h13-14,16-17,20,23H,4-12,15,18-19H2,1-3H3,(H,27,31). The third-order valence-corrected chi connectivity index (χ3v) is 6.02. The lowest BCUT2D eigenvalue weighted by molar-refractivity contribution is -0.135. The van der Waals surface area contributed by atoms with Crippen LogP contribution in [0.15, 0.2) is 24.3 Å². The van der Waals surface area contributed by atoms with Gasteiger partial charge in [0.25, 0.3) is 0 Å². The zero-order valence-corrected chi connectivity index (χ0v) is 20.0. The predicted octanol–water partition coefficient (Wildman–Crippen LogP) is 5.74. The molecule has 0 aliphatic carbocycles. The molecule has 2 unspecified atom stereocenters. The van der Waals surface area contributed by atoms with Gasteiger partial charge in [-0.3, -0.25) is 9.59 Å². The number of ether oxygens (including phenoxy) is 1. The van der Waals surface area contributed by atoms with Crippen molar-refractivity contribution in [1.29, 1.82) is 0 Å². The Morgan fingerprint density at radius 2 is 1.59 bits per heavy atom. The Kier molecular flexibility index (Phi) is 11.4. The molecule has 3 amide bonds. The molecule has 0 spiro atoms. The lowest BCUT2D eigenvalue weighted by atomic mass is 9.93. The second kappa shape index (κ2) is 14.0. The minimum Gasteiger partial charge on any atom is -0.371 e. The van der Waals surface area contributed by atoms with Crippen molar-refractivity contribution in [3.8, 4) is 0 Å². The first-order valence-electron chi connectivity index (χ1n) is 12.4. The van der Waals surface area contributed by atoms with E-state index in [9.17, 15) is 14.4 Å². The van der Waals surface area contributed by atoms with Gasteiger partial charge in [0.1, 0.15) is 12.0 Å². The zero-order chi connectivity index (χ0) is 23.3. The van der Waals surface area contributed by atoms with E-state index in [1.807, 2.05) is 6.92 Å². The number of unbranched alkanes of at least 4 members (excludes halogenated alkanes) is 8. The molecule has 1 heterocycles. The molecule has 0 saturated carbocycles. The second-order valence-corrected chi connectivity index (χ2v) is 8.64. The Hall–Kier alpha value is -2.21. The number of Topliss-reactive ketones (excluding diaryl/α,β-unsaturated/α-hetero) is 1. The summed E-state index contributed by atoms with van der Waals surface area (Å²) in [6, 6.07) is 6.55. The first-order chi connectivity index (χ1) is 15.5. The summed E-state index contributed by atoms with van der Waals surface area (Å²) >= 11 is 0. The Morgan fingerprint density at radius 3 is 2.28 bits per heavy atom. The van der Waals surface area contributed by atoms with E-state index in [0.717, 1.165) is 30.6 Å². The van der Waals surface area contributed by atoms with Gasteiger partial charge in [-0.25, -0.2) is 9.69 Å². The number of hydrogen-bond donors (Lipinski definition) is 1. The van der Waals surface area contributed by atoms with Crippen LogP contribution in [0.4, 0.5) is 10.5 Å². The van der Waals surface area contributed by atoms with Gasteiger partial charge < -0.3 is 10.1 Å². The molecule has 1 aliphatic heterocycles. The maximum atomic E-state index is 13.1. The smallest absolute Gasteiger partial charge is 0.328 e. The molecular formula is C26H40N2O4. The summed E-state index contributed by atoms with van der Waals surface area (Å²) in [7, 11) is 0. The van der Waals surface area contributed by atoms with Crippen LogP contribution < -0.4 is 10.2 Å². The molecule has 1 aliphatic rings. The fourth-order valence-electron chi connectivity index (χ4n) is 4.06. The van der Waals surface area contributed by atoms with E-state index in [4.69, 9.17) is 4.74 Å². The average molecular weight is 445 g/mol. The molecule has 2 rings (SSSR count). The van der Waals surface area contributed by atoms with Crippen molar-refractivity contribution in [3.63, 3.8) is 0 Å². The van der Waals surface area contributed by atoms with E-state index in [1.165, 1.54) is 38.5 Å². The maximum absolute atomic E-state index is 13.1. The number of amides is 3. The lowest BCUT2D eigenvalue weighted by Gasteiger charge is -2.18. The summed E-state index contributed by atoms with van der Waals surface area (Å²) in [5.41, 5.74) is 1.07. The Morgan fingerprint density at radius 1 is 0.969 bits per heavy atom. The van der Waals surface area contributed by atoms with Crippen LogP contribution in [-0.4, -0.2) is 37.0 Å². The molecule has 6 heteroatoms. The van der Waals surface area contributed by atoms with Gasteiger partial charge in [-0.05, 0) is 31.4 Å². The molecule has 1 aromatic rings. The highest BCUT2D eigenvalue weighted by Gasteiger charge is 2.45. The first-order valence-corrected chi connectivity index (χ1v) is 12.4. The van der Waals surface area contributed by atoms with Crippen LogP contribution in [0.1, 0.15) is 96.5 Å². The highest BCUT2D eigenvalue weighted by molar-refractivity contribution is 6.27. The maximum Gasteiger partial charge on any atom is 0.328 e. The number of nitrogens with zero attached hydrogens (tertiary/aromatic N) is 1. The third-order valence-electron chi connectivity index (χ3n) is 6.02. The predicted molar refractivity (Wildman–Crippen MR) is 128 cm³/mol. The van der Waals surface area contributed by atoms with E-state index in [-0.39, 0.29) is 5.78 Å². The SMILES string of the molecule is CCCCCCCCCCOC(C)C(=O)C1C(=O)N(C(=O)NCCCC)c2ccccc21. The van der Waals surface area contributed by atoms with E-state index >= 15 is 0 Å². The number of carbonyl (C=O) groups excluding carboxylic acids is 3. The number of fused-ring (bicyclic) bond motifs is 1. The molecule has 0 saturated heterocycles. The van der Waals surface area contributed by atoms with Crippen LogP contribution in [0.5, 0.6) is 0 Å². The van der Waals surface area contributed by atoms with Crippen molar-refractivity contribution >= 4 is 23.4 Å². The number of anilines is 1. The largest absolute Gasteiger partial charge is 0.371 e. The molecule has 1 N–H and O–H groups in total. The fraction of sp³-hybridized carbons (Fsp3) is 0.654. The molecule has 0 fully saturated rings. The van der Waals surface area contributed by atoms with Crippen LogP contribution >= 0.6 is 0 Å². The lowest BCUT2D eigenvalue weighted by Crippen LogP contribution is -2.44. The van der Waals surface area contributed by atoms with Crippen molar-refractivity contribution < 1.29 is 19.1 Å². The van der Waals surface area contributed by atoms with Gasteiger partial charge in [0.05, 0.1) is 5.69 Å². The van der Waals surface area contributed by atoms with E-state index in [1.54, 1.807) is 31.2 Å². The van der Waals surface area contributed by atoms with Crippen molar-refractivity contribution in [3.05, 3.63) is 29.8 Å². The molecule has 6 nitrogen and oxygen atoms in total. The van der Waals surface area contributed by atoms with Gasteiger partial charge in [0.2, 0.25) is 5.91 Å². The van der Waals surface area contributed by atoms with Crippen LogP contribution in [-0.2, 0) is 14.3 Å². The summed E-state index contributed by atoms with van der Waals surface area (Å²) in [5.74, 6) is -1.77. The number of rotatable bonds is 15. The van der Waals surface area contributed by atoms with Gasteiger partial charge in [-0.15, -0.1) is 0 Å². The number of ketones is 1. The minimum absolute atomic E-state index is 0.286. The summed E-state index contributed by atoms with van der Waals surface area (Å²) in [6.45, 7) is 6.96. The quantitative estimate of drug-likeness (QED) is 0.276. The van der Waals surface area contributed by atoms with Crippen molar-refractivity contribution in [1.82, 2.24) is 5.32 Å². The van der Waals surface area contributed by atoms with Crippen molar-refractivity contribution in [2.24, 2.45) is 0 Å². The Labute approximate surface area is 193 Å². The summed E-state index contributed by atoms with van der Waals surface area (Å²) in [5, 5.41) is 2.78. The zero-order valence-electron chi connectivity index (χ0n) is 20.0. The number of hydrogen-bond acceptors (Lipinski definition) is 4. The van der Waals surface area contributed by atoms with Crippen LogP contribution in [0, 0.1) is 0 Å². The van der Waals surface area contributed by atoms with Crippen molar-refractivity contribution in [2.45, 2.75) is 97.0 Å². The number of benzene rings is 1. The third kappa shape index (κ3) is 7.16. The highest BCUT2D eigenvalue weighted by atomic mass is 16.5. The van der Waals surface area contributed by atoms with Crippen LogP contribution in [0.25, 0.3) is 0 Å². The van der Waals surface area contributed by atoms with E-state index in [0.29, 0.717) is 24.4 Å². The van der Waals surface area contributed by atoms with Crippen LogP contribution in [0.3, 0.4) is 0 Å². The fourth-order valence-corrected chi connectivity index (χ4v) is 4.06. The number of para-hydroxylation sites is 1. The second-order valence-electron chi connectivity index (χ2n) is 8.64. The number of urea groups is 1. The van der Waals surface area contributed by atoms with E-state index < -0.39 is 24.0 Å². The van der Waals surface area contributed by atoms with Gasteiger partial charge in [0, 0.05) is 13.2 Å². The minimum atomic E-state index is -0.989. The molecule has 1 aromatic carbocycles. The number of imide groups is 1. The topological polar surface area (TPSA) is 75.7 Å².